The molecule has 1 fully saturated rings. The molecule has 154 valence electrons. The number of benzene rings is 2. The molecule has 1 aromatic heterocycles. The molecule has 1 aliphatic heterocycles. The number of nitrogens with zero attached hydrogens (tertiary/aromatic N) is 3. The lowest BCUT2D eigenvalue weighted by Gasteiger charge is -2.28. The largest absolute Gasteiger partial charge is 0.462 e. The lowest BCUT2D eigenvalue weighted by molar-refractivity contribution is 0.0526. The van der Waals surface area contributed by atoms with E-state index in [1.807, 2.05) is 18.2 Å². The second-order valence-corrected chi connectivity index (χ2v) is 7.10. The molecule has 0 radical (unpaired) electrons. The Labute approximate surface area is 176 Å². The van der Waals surface area contributed by atoms with Crippen molar-refractivity contribution in [3.8, 4) is 11.3 Å². The number of ether oxygens (including phenoxy) is 2. The second-order valence-electron chi connectivity index (χ2n) is 7.10. The molecular weight excluding hydrogens is 378 g/mol. The summed E-state index contributed by atoms with van der Waals surface area (Å²) in [6, 6.07) is 17.7. The summed E-state index contributed by atoms with van der Waals surface area (Å²) in [6.45, 7) is 5.58. The van der Waals surface area contributed by atoms with Crippen molar-refractivity contribution in [2.45, 2.75) is 13.3 Å². The molecule has 0 aliphatic carbocycles. The van der Waals surface area contributed by atoms with Crippen LogP contribution in [0.4, 0.5) is 5.69 Å². The molecule has 0 bridgehead atoms. The van der Waals surface area contributed by atoms with Crippen molar-refractivity contribution in [3.63, 3.8) is 0 Å². The molecule has 3 aromatic rings. The highest BCUT2D eigenvalue weighted by atomic mass is 16.5. The van der Waals surface area contributed by atoms with E-state index in [-0.39, 0.29) is 5.97 Å². The Bertz CT molecular complexity index is 981. The van der Waals surface area contributed by atoms with Crippen LogP contribution in [0.15, 0.2) is 60.8 Å². The molecule has 6 nitrogen and oxygen atoms in total. The van der Waals surface area contributed by atoms with E-state index in [2.05, 4.69) is 34.1 Å². The van der Waals surface area contributed by atoms with E-state index >= 15 is 0 Å². The fraction of sp³-hybridized carbons (Fsp3) is 0.292. The second kappa shape index (κ2) is 9.50. The van der Waals surface area contributed by atoms with Crippen molar-refractivity contribution in [3.05, 3.63) is 77.7 Å². The first kappa shape index (κ1) is 20.0. The predicted octanol–water partition coefficient (Wildman–Crippen LogP) is 3.75. The molecule has 2 heterocycles. The van der Waals surface area contributed by atoms with Gasteiger partial charge in [0.15, 0.2) is 0 Å². The maximum absolute atomic E-state index is 11.8. The average molecular weight is 403 g/mol. The summed E-state index contributed by atoms with van der Waals surface area (Å²) in [6.07, 6.45) is 2.44. The van der Waals surface area contributed by atoms with Gasteiger partial charge >= 0.3 is 5.97 Å². The van der Waals surface area contributed by atoms with Gasteiger partial charge in [-0.1, -0.05) is 24.3 Å². The molecule has 2 aromatic carbocycles. The average Bonchev–Trinajstić information content (AvgIpc) is 2.81. The van der Waals surface area contributed by atoms with Crippen LogP contribution in [-0.4, -0.2) is 48.8 Å². The van der Waals surface area contributed by atoms with Crippen molar-refractivity contribution >= 4 is 11.7 Å². The number of anilines is 1. The van der Waals surface area contributed by atoms with Crippen LogP contribution >= 0.6 is 0 Å². The number of morpholine rings is 1. The van der Waals surface area contributed by atoms with Crippen molar-refractivity contribution in [1.29, 1.82) is 0 Å². The Hall–Kier alpha value is -3.25. The van der Waals surface area contributed by atoms with Crippen molar-refractivity contribution < 1.29 is 14.3 Å². The Balaban J connectivity index is 1.45. The minimum atomic E-state index is -0.312. The van der Waals surface area contributed by atoms with Gasteiger partial charge in [0.05, 0.1) is 31.1 Å². The summed E-state index contributed by atoms with van der Waals surface area (Å²) >= 11 is 0. The van der Waals surface area contributed by atoms with E-state index in [9.17, 15) is 4.79 Å². The monoisotopic (exact) mass is 403 g/mol. The summed E-state index contributed by atoms with van der Waals surface area (Å²) in [5.74, 6) is 0.453. The third-order valence-electron chi connectivity index (χ3n) is 5.07. The third kappa shape index (κ3) is 4.83. The van der Waals surface area contributed by atoms with Crippen LogP contribution in [0.1, 0.15) is 28.7 Å². The van der Waals surface area contributed by atoms with Crippen LogP contribution in [0.2, 0.25) is 0 Å². The molecular formula is C24H25N3O3. The standard InChI is InChI=1S/C24H25N3O3/c1-2-30-24(28)20-7-5-19(6-8-20)22-11-12-25-23(26-22)17-18-3-9-21(10-4-18)27-13-15-29-16-14-27/h3-12H,2,13-17H2,1H3. The zero-order valence-electron chi connectivity index (χ0n) is 17.1. The van der Waals surface area contributed by atoms with Crippen molar-refractivity contribution in [2.75, 3.05) is 37.8 Å². The molecule has 4 rings (SSSR count). The number of carbonyl (C=O) groups excluding carboxylic acids is 1. The van der Waals surface area contributed by atoms with Gasteiger partial charge < -0.3 is 14.4 Å². The van der Waals surface area contributed by atoms with Gasteiger partial charge in [-0.3, -0.25) is 0 Å². The number of hydrogen-bond acceptors (Lipinski definition) is 6. The smallest absolute Gasteiger partial charge is 0.338 e. The van der Waals surface area contributed by atoms with Gasteiger partial charge in [0.1, 0.15) is 5.82 Å². The van der Waals surface area contributed by atoms with E-state index in [0.717, 1.165) is 43.4 Å². The third-order valence-corrected chi connectivity index (χ3v) is 5.07. The minimum Gasteiger partial charge on any atom is -0.462 e. The van der Waals surface area contributed by atoms with Gasteiger partial charge in [-0.15, -0.1) is 0 Å². The normalized spacial score (nSPS) is 13.8. The molecule has 30 heavy (non-hydrogen) atoms. The number of esters is 1. The quantitative estimate of drug-likeness (QED) is 0.584. The predicted molar refractivity (Wildman–Crippen MR) is 116 cm³/mol. The van der Waals surface area contributed by atoms with Gasteiger partial charge in [-0.2, -0.15) is 0 Å². The molecule has 0 saturated carbocycles. The fourth-order valence-corrected chi connectivity index (χ4v) is 3.47. The van der Waals surface area contributed by atoms with Crippen molar-refractivity contribution in [1.82, 2.24) is 9.97 Å². The minimum absolute atomic E-state index is 0.312. The molecule has 1 aliphatic rings. The number of aromatic nitrogens is 2. The molecule has 0 amide bonds. The summed E-state index contributed by atoms with van der Waals surface area (Å²) < 4.78 is 10.5. The molecule has 0 atom stereocenters. The zero-order chi connectivity index (χ0) is 20.8. The van der Waals surface area contributed by atoms with Crippen molar-refractivity contribution in [2.24, 2.45) is 0 Å². The first-order valence-electron chi connectivity index (χ1n) is 10.2. The van der Waals surface area contributed by atoms with Crippen LogP contribution in [0.3, 0.4) is 0 Å². The van der Waals surface area contributed by atoms with Crippen LogP contribution < -0.4 is 4.90 Å². The van der Waals surface area contributed by atoms with Crippen LogP contribution in [0, 0.1) is 0 Å². The fourth-order valence-electron chi connectivity index (χ4n) is 3.47. The molecule has 1 saturated heterocycles. The first-order chi connectivity index (χ1) is 14.7. The van der Waals surface area contributed by atoms with E-state index in [0.29, 0.717) is 18.6 Å². The maximum Gasteiger partial charge on any atom is 0.338 e. The summed E-state index contributed by atoms with van der Waals surface area (Å²) in [7, 11) is 0. The van der Waals surface area contributed by atoms with E-state index < -0.39 is 0 Å². The Morgan fingerprint density at radius 3 is 2.47 bits per heavy atom. The van der Waals surface area contributed by atoms with Gasteiger partial charge in [0.2, 0.25) is 0 Å². The number of hydrogen-bond donors (Lipinski definition) is 0. The topological polar surface area (TPSA) is 64.5 Å². The maximum atomic E-state index is 11.8. The highest BCUT2D eigenvalue weighted by molar-refractivity contribution is 5.89. The summed E-state index contributed by atoms with van der Waals surface area (Å²) in [5, 5.41) is 0. The lowest BCUT2D eigenvalue weighted by Crippen LogP contribution is -2.36. The van der Waals surface area contributed by atoms with Gasteiger partial charge in [-0.05, 0) is 42.8 Å². The van der Waals surface area contributed by atoms with Gasteiger partial charge in [-0.25, -0.2) is 14.8 Å². The number of carbonyl (C=O) groups is 1. The van der Waals surface area contributed by atoms with E-state index in [1.165, 1.54) is 11.3 Å². The Morgan fingerprint density at radius 1 is 1.03 bits per heavy atom. The van der Waals surface area contributed by atoms with E-state index in [1.54, 1.807) is 25.3 Å². The zero-order valence-corrected chi connectivity index (χ0v) is 17.1. The van der Waals surface area contributed by atoms with Crippen LogP contribution in [-0.2, 0) is 15.9 Å². The molecule has 0 spiro atoms. The molecule has 0 N–H and O–H groups in total. The molecule has 6 heteroatoms. The number of rotatable bonds is 6. The van der Waals surface area contributed by atoms with Gasteiger partial charge in [0, 0.05) is 37.0 Å². The van der Waals surface area contributed by atoms with Gasteiger partial charge in [0.25, 0.3) is 0 Å². The Morgan fingerprint density at radius 2 is 1.77 bits per heavy atom. The summed E-state index contributed by atoms with van der Waals surface area (Å²) in [4.78, 5) is 23.3. The SMILES string of the molecule is CCOC(=O)c1ccc(-c2ccnc(Cc3ccc(N4CCOCC4)cc3)n2)cc1. The first-order valence-corrected chi connectivity index (χ1v) is 10.2. The highest BCUT2D eigenvalue weighted by Crippen LogP contribution is 2.20. The summed E-state index contributed by atoms with van der Waals surface area (Å²) in [5.41, 5.74) is 4.70. The molecule has 0 unspecified atom stereocenters. The van der Waals surface area contributed by atoms with Crippen LogP contribution in [0.25, 0.3) is 11.3 Å². The van der Waals surface area contributed by atoms with E-state index in [4.69, 9.17) is 14.5 Å². The lowest BCUT2D eigenvalue weighted by atomic mass is 10.1. The highest BCUT2D eigenvalue weighted by Gasteiger charge is 2.11. The van der Waals surface area contributed by atoms with Crippen LogP contribution in [0.5, 0.6) is 0 Å². The Kier molecular flexibility index (Phi) is 6.35.